The third-order valence-corrected chi connectivity index (χ3v) is 2.33. The number of methoxy groups -OCH3 is 1. The molecule has 4 heteroatoms. The van der Waals surface area contributed by atoms with Crippen LogP contribution in [-0.4, -0.2) is 26.3 Å². The molecule has 90 valence electrons. The van der Waals surface area contributed by atoms with Crippen molar-refractivity contribution in [2.45, 2.75) is 19.4 Å². The highest BCUT2D eigenvalue weighted by Gasteiger charge is 2.08. The molecule has 0 aromatic heterocycles. The quantitative estimate of drug-likeness (QED) is 0.754. The summed E-state index contributed by atoms with van der Waals surface area (Å²) in [5.41, 5.74) is 0.400. The van der Waals surface area contributed by atoms with Crippen LogP contribution in [0.3, 0.4) is 0 Å². The molecular formula is C12H17F2NO. The summed E-state index contributed by atoms with van der Waals surface area (Å²) in [6.45, 7) is 3.24. The Bertz CT molecular complexity index is 331. The van der Waals surface area contributed by atoms with Gasteiger partial charge in [0.05, 0.1) is 6.61 Å². The number of hydrogen-bond donors (Lipinski definition) is 1. The van der Waals surface area contributed by atoms with E-state index in [-0.39, 0.29) is 11.9 Å². The van der Waals surface area contributed by atoms with Crippen LogP contribution in [0.15, 0.2) is 18.2 Å². The molecule has 1 rings (SSSR count). The van der Waals surface area contributed by atoms with Crippen molar-refractivity contribution >= 4 is 0 Å². The summed E-state index contributed by atoms with van der Waals surface area (Å²) in [4.78, 5) is 0. The first-order chi connectivity index (χ1) is 7.63. The number of ether oxygens (including phenoxy) is 1. The maximum atomic E-state index is 13.3. The van der Waals surface area contributed by atoms with Gasteiger partial charge in [0.15, 0.2) is 0 Å². The van der Waals surface area contributed by atoms with E-state index in [1.54, 1.807) is 7.11 Å². The molecule has 1 N–H and O–H groups in total. The number of nitrogens with one attached hydrogen (secondary N) is 1. The van der Waals surface area contributed by atoms with Gasteiger partial charge < -0.3 is 10.1 Å². The normalized spacial score (nSPS) is 12.8. The van der Waals surface area contributed by atoms with E-state index in [2.05, 4.69) is 5.32 Å². The van der Waals surface area contributed by atoms with Crippen molar-refractivity contribution in [3.05, 3.63) is 35.4 Å². The molecule has 2 nitrogen and oxygen atoms in total. The van der Waals surface area contributed by atoms with Gasteiger partial charge in [-0.25, -0.2) is 8.78 Å². The Balaban J connectivity index is 2.48. The van der Waals surface area contributed by atoms with Gasteiger partial charge in [-0.3, -0.25) is 0 Å². The van der Waals surface area contributed by atoms with Crippen molar-refractivity contribution in [1.29, 1.82) is 0 Å². The largest absolute Gasteiger partial charge is 0.383 e. The molecule has 0 aliphatic rings. The third kappa shape index (κ3) is 4.24. The summed E-state index contributed by atoms with van der Waals surface area (Å²) in [6.07, 6.45) is 0.466. The van der Waals surface area contributed by atoms with Gasteiger partial charge in [0.25, 0.3) is 0 Å². The van der Waals surface area contributed by atoms with Gasteiger partial charge in [-0.2, -0.15) is 0 Å². The second kappa shape index (κ2) is 6.55. The van der Waals surface area contributed by atoms with Crippen molar-refractivity contribution in [3.63, 3.8) is 0 Å². The molecule has 1 unspecified atom stereocenters. The molecule has 0 aliphatic carbocycles. The second-order valence-electron chi connectivity index (χ2n) is 3.79. The van der Waals surface area contributed by atoms with Crippen LogP contribution in [0, 0.1) is 11.6 Å². The van der Waals surface area contributed by atoms with Gasteiger partial charge in [-0.1, -0.05) is 0 Å². The van der Waals surface area contributed by atoms with Gasteiger partial charge in [0.2, 0.25) is 0 Å². The highest BCUT2D eigenvalue weighted by atomic mass is 19.1. The van der Waals surface area contributed by atoms with Crippen molar-refractivity contribution < 1.29 is 13.5 Å². The van der Waals surface area contributed by atoms with Crippen molar-refractivity contribution in [3.8, 4) is 0 Å². The highest BCUT2D eigenvalue weighted by molar-refractivity contribution is 5.19. The van der Waals surface area contributed by atoms with E-state index < -0.39 is 5.82 Å². The fourth-order valence-electron chi connectivity index (χ4n) is 1.51. The Morgan fingerprint density at radius 2 is 2.12 bits per heavy atom. The van der Waals surface area contributed by atoms with Crippen LogP contribution in [-0.2, 0) is 11.2 Å². The average molecular weight is 229 g/mol. The lowest BCUT2D eigenvalue weighted by Crippen LogP contribution is -2.31. The zero-order valence-corrected chi connectivity index (χ0v) is 9.59. The Kier molecular flexibility index (Phi) is 5.35. The van der Waals surface area contributed by atoms with Crippen LogP contribution < -0.4 is 5.32 Å². The van der Waals surface area contributed by atoms with Gasteiger partial charge in [0.1, 0.15) is 11.6 Å². The van der Waals surface area contributed by atoms with E-state index in [0.717, 1.165) is 12.1 Å². The number of halogens is 2. The zero-order valence-electron chi connectivity index (χ0n) is 9.59. The Hall–Kier alpha value is -1.00. The van der Waals surface area contributed by atoms with Crippen molar-refractivity contribution in [2.75, 3.05) is 20.3 Å². The molecule has 1 aromatic carbocycles. The maximum Gasteiger partial charge on any atom is 0.126 e. The lowest BCUT2D eigenvalue weighted by atomic mass is 10.1. The van der Waals surface area contributed by atoms with Crippen molar-refractivity contribution in [2.24, 2.45) is 0 Å². The maximum absolute atomic E-state index is 13.3. The van der Waals surface area contributed by atoms with E-state index >= 15 is 0 Å². The Labute approximate surface area is 94.6 Å². The second-order valence-corrected chi connectivity index (χ2v) is 3.79. The lowest BCUT2D eigenvalue weighted by molar-refractivity contribution is 0.196. The fourth-order valence-corrected chi connectivity index (χ4v) is 1.51. The highest BCUT2D eigenvalue weighted by Crippen LogP contribution is 2.11. The van der Waals surface area contributed by atoms with E-state index in [4.69, 9.17) is 4.74 Å². The summed E-state index contributed by atoms with van der Waals surface area (Å²) in [5, 5.41) is 3.16. The number of rotatable bonds is 6. The summed E-state index contributed by atoms with van der Waals surface area (Å²) in [7, 11) is 1.62. The molecule has 1 aromatic rings. The molecule has 0 aliphatic heterocycles. The summed E-state index contributed by atoms with van der Waals surface area (Å²) >= 11 is 0. The lowest BCUT2D eigenvalue weighted by Gasteiger charge is -2.14. The third-order valence-electron chi connectivity index (χ3n) is 2.33. The fraction of sp³-hybridized carbons (Fsp3) is 0.500. The average Bonchev–Trinajstić information content (AvgIpc) is 2.24. The molecule has 0 saturated heterocycles. The molecule has 0 radical (unpaired) electrons. The summed E-state index contributed by atoms with van der Waals surface area (Å²) < 4.78 is 31.1. The predicted octanol–water partition coefficient (Wildman–Crippen LogP) is 2.13. The standard InChI is InChI=1S/C12H17F2NO/c1-9(15-5-6-16-2)7-10-8-11(13)3-4-12(10)14/h3-4,8-9,15H,5-7H2,1-2H3. The molecule has 0 fully saturated rings. The monoisotopic (exact) mass is 229 g/mol. The van der Waals surface area contributed by atoms with E-state index in [1.807, 2.05) is 6.92 Å². The molecule has 16 heavy (non-hydrogen) atoms. The number of benzene rings is 1. The van der Waals surface area contributed by atoms with Crippen LogP contribution in [0.25, 0.3) is 0 Å². The first kappa shape index (κ1) is 13.1. The zero-order chi connectivity index (χ0) is 12.0. The van der Waals surface area contributed by atoms with Crippen LogP contribution >= 0.6 is 0 Å². The first-order valence-corrected chi connectivity index (χ1v) is 5.29. The van der Waals surface area contributed by atoms with Crippen LogP contribution in [0.5, 0.6) is 0 Å². The van der Waals surface area contributed by atoms with Crippen LogP contribution in [0.4, 0.5) is 8.78 Å². The van der Waals surface area contributed by atoms with Gasteiger partial charge >= 0.3 is 0 Å². The summed E-state index contributed by atoms with van der Waals surface area (Å²) in [6, 6.07) is 3.62. The number of hydrogen-bond acceptors (Lipinski definition) is 2. The Morgan fingerprint density at radius 3 is 2.81 bits per heavy atom. The summed E-state index contributed by atoms with van der Waals surface area (Å²) in [5.74, 6) is -0.762. The minimum Gasteiger partial charge on any atom is -0.383 e. The van der Waals surface area contributed by atoms with Gasteiger partial charge in [0, 0.05) is 19.7 Å². The SMILES string of the molecule is COCCNC(C)Cc1cc(F)ccc1F. The Morgan fingerprint density at radius 1 is 1.38 bits per heavy atom. The first-order valence-electron chi connectivity index (χ1n) is 5.29. The topological polar surface area (TPSA) is 21.3 Å². The smallest absolute Gasteiger partial charge is 0.126 e. The molecule has 0 spiro atoms. The van der Waals surface area contributed by atoms with Crippen LogP contribution in [0.1, 0.15) is 12.5 Å². The van der Waals surface area contributed by atoms with E-state index in [0.29, 0.717) is 25.1 Å². The van der Waals surface area contributed by atoms with E-state index in [9.17, 15) is 8.78 Å². The van der Waals surface area contributed by atoms with Gasteiger partial charge in [-0.05, 0) is 37.1 Å². The van der Waals surface area contributed by atoms with Crippen LogP contribution in [0.2, 0.25) is 0 Å². The molecule has 0 amide bonds. The molecule has 1 atom stereocenters. The molecular weight excluding hydrogens is 212 g/mol. The molecule has 0 saturated carbocycles. The minimum atomic E-state index is -0.402. The van der Waals surface area contributed by atoms with Gasteiger partial charge in [-0.15, -0.1) is 0 Å². The predicted molar refractivity (Wildman–Crippen MR) is 59.4 cm³/mol. The molecule has 0 heterocycles. The minimum absolute atomic E-state index is 0.0893. The van der Waals surface area contributed by atoms with E-state index in [1.165, 1.54) is 6.07 Å². The van der Waals surface area contributed by atoms with Crippen molar-refractivity contribution in [1.82, 2.24) is 5.32 Å². The molecule has 0 bridgehead atoms.